The van der Waals surface area contributed by atoms with Crippen molar-refractivity contribution in [2.45, 2.75) is 46.4 Å². The van der Waals surface area contributed by atoms with Gasteiger partial charge in [-0.05, 0) is 46.5 Å². The lowest BCUT2D eigenvalue weighted by Crippen LogP contribution is -2.52. The molecule has 10 atom stereocenters. The van der Waals surface area contributed by atoms with Gasteiger partial charge in [0, 0.05) is 49.2 Å². The minimum atomic E-state index is -2.19. The molecule has 10 rings (SSSR count). The molecule has 4 aliphatic rings. The largest absolute Gasteiger partial charge is 0.497 e. The van der Waals surface area contributed by atoms with Crippen LogP contribution in [0.25, 0.3) is 0 Å². The highest BCUT2D eigenvalue weighted by atomic mass is 16.6. The number of rotatable bonds is 27. The van der Waals surface area contributed by atoms with E-state index in [2.05, 4.69) is 10.6 Å². The topological polar surface area (TPSA) is 250 Å². The van der Waals surface area contributed by atoms with Crippen LogP contribution in [0.1, 0.15) is 45.2 Å². The summed E-state index contributed by atoms with van der Waals surface area (Å²) >= 11 is 0. The molecule has 6 aromatic carbocycles. The van der Waals surface area contributed by atoms with Crippen LogP contribution in [0.2, 0.25) is 0 Å². The van der Waals surface area contributed by atoms with Gasteiger partial charge in [0.25, 0.3) is 0 Å². The zero-order valence-electron chi connectivity index (χ0n) is 47.7. The van der Waals surface area contributed by atoms with Gasteiger partial charge in [-0.1, -0.05) is 84.9 Å². The Morgan fingerprint density at radius 1 is 0.440 bits per heavy atom. The van der Waals surface area contributed by atoms with Crippen LogP contribution >= 0.6 is 0 Å². The molecule has 0 spiro atoms. The van der Waals surface area contributed by atoms with Crippen LogP contribution in [0.15, 0.2) is 133 Å². The molecule has 0 saturated heterocycles. The number of nitrogens with one attached hydrogen (secondary N) is 2. The van der Waals surface area contributed by atoms with E-state index < -0.39 is 70.1 Å². The van der Waals surface area contributed by atoms with Crippen molar-refractivity contribution in [1.82, 2.24) is 10.6 Å². The van der Waals surface area contributed by atoms with Gasteiger partial charge in [0.05, 0.1) is 118 Å². The van der Waals surface area contributed by atoms with Gasteiger partial charge >= 0.3 is 0 Å². The van der Waals surface area contributed by atoms with E-state index in [0.717, 1.165) is 0 Å². The first-order valence-corrected chi connectivity index (χ1v) is 27.8. The molecule has 2 heterocycles. The molecule has 0 aromatic heterocycles. The summed E-state index contributed by atoms with van der Waals surface area (Å²) in [6.45, 7) is 2.01. The molecule has 6 aromatic rings. The highest BCUT2D eigenvalue weighted by Gasteiger charge is 2.79. The summed E-state index contributed by atoms with van der Waals surface area (Å²) < 4.78 is 70.4. The van der Waals surface area contributed by atoms with Crippen LogP contribution < -0.4 is 48.5 Å². The highest BCUT2D eigenvalue weighted by Crippen LogP contribution is 2.72. The minimum Gasteiger partial charge on any atom is -0.497 e. The van der Waals surface area contributed by atoms with E-state index in [4.69, 9.17) is 56.8 Å². The zero-order valence-corrected chi connectivity index (χ0v) is 47.7. The number of benzene rings is 6. The van der Waals surface area contributed by atoms with E-state index in [9.17, 15) is 30.0 Å². The summed E-state index contributed by atoms with van der Waals surface area (Å²) in [6, 6.07) is 38.9. The predicted molar refractivity (Wildman–Crippen MR) is 304 cm³/mol. The first-order valence-electron chi connectivity index (χ1n) is 27.8. The Hall–Kier alpha value is -7.66. The van der Waals surface area contributed by atoms with Crippen molar-refractivity contribution in [3.8, 4) is 46.0 Å². The number of methoxy groups -OCH3 is 6. The number of ether oxygens (including phenoxy) is 12. The average molecular weight is 1160 g/mol. The monoisotopic (exact) mass is 1160 g/mol. The van der Waals surface area contributed by atoms with Crippen LogP contribution in [0.5, 0.6) is 46.0 Å². The van der Waals surface area contributed by atoms with Crippen LogP contribution in [-0.2, 0) is 50.9 Å². The number of amides is 2. The van der Waals surface area contributed by atoms with Gasteiger partial charge in [0.1, 0.15) is 58.2 Å². The molecule has 0 unspecified atom stereocenters. The smallest absolute Gasteiger partial charge is 0.226 e. The lowest BCUT2D eigenvalue weighted by Gasteiger charge is -2.40. The van der Waals surface area contributed by atoms with E-state index in [-0.39, 0.29) is 100 Å². The lowest BCUT2D eigenvalue weighted by atomic mass is 9.70. The van der Waals surface area contributed by atoms with Gasteiger partial charge in [-0.3, -0.25) is 9.59 Å². The highest BCUT2D eigenvalue weighted by molar-refractivity contribution is 5.84. The summed E-state index contributed by atoms with van der Waals surface area (Å²) in [4.78, 5) is 28.9. The molecule has 6 N–H and O–H groups in total. The van der Waals surface area contributed by atoms with Crippen molar-refractivity contribution in [2.75, 3.05) is 109 Å². The summed E-state index contributed by atoms with van der Waals surface area (Å²) in [5.41, 5.74) is -5.10. The van der Waals surface area contributed by atoms with Crippen molar-refractivity contribution in [2.24, 2.45) is 11.8 Å². The van der Waals surface area contributed by atoms with E-state index in [1.54, 1.807) is 87.0 Å². The lowest BCUT2D eigenvalue weighted by molar-refractivity contribution is -0.154. The second kappa shape index (κ2) is 25.3. The van der Waals surface area contributed by atoms with Gasteiger partial charge in [-0.25, -0.2) is 0 Å². The molecule has 2 saturated carbocycles. The third-order valence-electron chi connectivity index (χ3n) is 16.7. The van der Waals surface area contributed by atoms with Crippen molar-refractivity contribution >= 4 is 11.8 Å². The first-order chi connectivity index (χ1) is 40.8. The van der Waals surface area contributed by atoms with E-state index in [1.807, 2.05) is 60.7 Å². The Labute approximate surface area is 487 Å². The molecule has 84 heavy (non-hydrogen) atoms. The van der Waals surface area contributed by atoms with E-state index in [1.165, 1.54) is 28.4 Å². The SMILES string of the molecule is COc1ccc([C@@]23Oc4cc(OC)cc(OC)c4[C@]2(O)[C@H](O)[C@H](C(=O)NCCOCCOCCOCCOCCNC(=O)[C@H]2[C@@H](O)[C@@]4(O)c5c(OC)cc(OC)cc5O[C@@]4(c4ccc(OC)cc4)[C@@H]2c2ccccc2)[C@H]3c2ccccc2)cc1. The van der Waals surface area contributed by atoms with Crippen molar-refractivity contribution in [3.63, 3.8) is 0 Å². The standard InChI is InChI=1S/C64H72N2O18/c1-73-43-21-17-41(18-22-43)63-53(39-13-9-7-10-14-39)51(57(67)61(63,71)55-47(77-5)35-45(75-3)37-49(55)83-63)59(69)65-25-27-79-29-31-81-33-34-82-32-30-80-28-26-66-60(70)52-54(40-15-11-8-12-16-40)64(42-19-23-44(74-2)24-20-42)62(72,58(52)68)56-48(78-6)36-46(76-4)38-50(56)84-64/h7-24,35-38,51-54,57-58,67-68,71-72H,25-34H2,1-6H3,(H,65,69)(H,66,70)/t51-,52-,53-,54-,57-,58-,61+,62+,63+,64+/m1/s1. The van der Waals surface area contributed by atoms with Gasteiger partial charge in [-0.15, -0.1) is 0 Å². The Bertz CT molecular complexity index is 3010. The Balaban J connectivity index is 0.686. The molecule has 0 bridgehead atoms. The Kier molecular flexibility index (Phi) is 17.9. The fraction of sp³-hybridized carbons (Fsp3) is 0.406. The number of carbonyl (C=O) groups is 2. The van der Waals surface area contributed by atoms with Gasteiger partial charge in [-0.2, -0.15) is 0 Å². The van der Waals surface area contributed by atoms with Gasteiger partial charge < -0.3 is 87.9 Å². The maximum atomic E-state index is 14.4. The van der Waals surface area contributed by atoms with Crippen LogP contribution in [0.4, 0.5) is 0 Å². The zero-order chi connectivity index (χ0) is 59.2. The molecule has 20 nitrogen and oxygen atoms in total. The Morgan fingerprint density at radius 3 is 1.10 bits per heavy atom. The summed E-state index contributed by atoms with van der Waals surface area (Å²) in [6.07, 6.45) is -3.36. The Morgan fingerprint density at radius 2 is 0.774 bits per heavy atom. The molecule has 446 valence electrons. The second-order valence-electron chi connectivity index (χ2n) is 20.8. The third-order valence-corrected chi connectivity index (χ3v) is 16.7. The minimum absolute atomic E-state index is 0.101. The summed E-state index contributed by atoms with van der Waals surface area (Å²) in [5.74, 6) is -2.36. The van der Waals surface area contributed by atoms with Gasteiger partial charge in [0.2, 0.25) is 11.8 Å². The molecule has 2 fully saturated rings. The normalized spacial score (nSPS) is 25.9. The maximum Gasteiger partial charge on any atom is 0.226 e. The molecule has 0 radical (unpaired) electrons. The first kappa shape index (κ1) is 59.5. The fourth-order valence-corrected chi connectivity index (χ4v) is 13.1. The number of aliphatic hydroxyl groups is 4. The molecule has 2 aliphatic carbocycles. The van der Waals surface area contributed by atoms with E-state index in [0.29, 0.717) is 45.3 Å². The van der Waals surface area contributed by atoms with E-state index >= 15 is 0 Å². The number of fused-ring (bicyclic) bond motifs is 6. The third kappa shape index (κ3) is 10.1. The van der Waals surface area contributed by atoms with Crippen LogP contribution in [-0.4, -0.2) is 153 Å². The molecule has 2 aliphatic heterocycles. The quantitative estimate of drug-likeness (QED) is 0.0361. The molecular weight excluding hydrogens is 1080 g/mol. The second-order valence-corrected chi connectivity index (χ2v) is 20.8. The molecular formula is C64H72N2O18. The summed E-state index contributed by atoms with van der Waals surface area (Å²) in [7, 11) is 9.01. The maximum absolute atomic E-state index is 14.4. The number of aliphatic hydroxyl groups excluding tert-OH is 2. The average Bonchev–Trinajstić information content (AvgIpc) is 1.55. The number of hydrogen-bond donors (Lipinski definition) is 6. The van der Waals surface area contributed by atoms with Gasteiger partial charge in [0.15, 0.2) is 22.4 Å². The molecule has 2 amide bonds. The summed E-state index contributed by atoms with van der Waals surface area (Å²) in [5, 5.41) is 57.2. The van der Waals surface area contributed by atoms with Crippen molar-refractivity contribution in [1.29, 1.82) is 0 Å². The number of hydrogen-bond acceptors (Lipinski definition) is 18. The number of carbonyl (C=O) groups excluding carboxylic acids is 2. The van der Waals surface area contributed by atoms with Crippen LogP contribution in [0.3, 0.4) is 0 Å². The van der Waals surface area contributed by atoms with Crippen LogP contribution in [0, 0.1) is 11.8 Å². The molecule has 20 heteroatoms. The van der Waals surface area contributed by atoms with Crippen molar-refractivity contribution in [3.05, 3.63) is 167 Å². The van der Waals surface area contributed by atoms with Crippen molar-refractivity contribution < 1.29 is 86.9 Å². The predicted octanol–water partition coefficient (Wildman–Crippen LogP) is 5.24. The fourth-order valence-electron chi connectivity index (χ4n) is 13.1.